The third-order valence-corrected chi connectivity index (χ3v) is 9.17. The predicted molar refractivity (Wildman–Crippen MR) is 201 cm³/mol. The van der Waals surface area contributed by atoms with Gasteiger partial charge in [-0.25, -0.2) is 0 Å². The Bertz CT molecular complexity index is 2580. The minimum Gasteiger partial charge on any atom is -0.399 e. The largest absolute Gasteiger partial charge is 0.399 e. The average Bonchev–Trinajstić information content (AvgIpc) is 3.09. The van der Waals surface area contributed by atoms with Crippen molar-refractivity contribution in [2.45, 2.75) is 30.6 Å². The van der Waals surface area contributed by atoms with E-state index in [2.05, 4.69) is 41.3 Å². The second-order valence-corrected chi connectivity index (χ2v) is 14.4. The Morgan fingerprint density at radius 3 is 1.74 bits per heavy atom. The highest BCUT2D eigenvalue weighted by Gasteiger charge is 2.21. The first-order valence-corrected chi connectivity index (χ1v) is 18.5. The van der Waals surface area contributed by atoms with Crippen LogP contribution in [-0.4, -0.2) is 37.8 Å². The number of aryl methyl sites for hydroxylation is 2. The first-order valence-electron chi connectivity index (χ1n) is 15.6. The quantitative estimate of drug-likeness (QED) is 0.0487. The van der Waals surface area contributed by atoms with Gasteiger partial charge < -0.3 is 16.4 Å². The maximum absolute atomic E-state index is 12.6. The first kappa shape index (κ1) is 38.7. The summed E-state index contributed by atoms with van der Waals surface area (Å²) in [7, 11) is -9.35. The number of azo groups is 3. The minimum atomic E-state index is -4.90. The number of anilines is 3. The van der Waals surface area contributed by atoms with Crippen LogP contribution in [0.15, 0.2) is 138 Å². The van der Waals surface area contributed by atoms with Gasteiger partial charge in [0.25, 0.3) is 26.1 Å². The van der Waals surface area contributed by atoms with Crippen LogP contribution in [0.5, 0.6) is 0 Å². The molecule has 2 amide bonds. The van der Waals surface area contributed by atoms with Gasteiger partial charge in [0.1, 0.15) is 16.3 Å². The molecule has 0 saturated carbocycles. The normalized spacial score (nSPS) is 12.1. The van der Waals surface area contributed by atoms with Crippen molar-refractivity contribution in [3.63, 3.8) is 0 Å². The molecule has 0 radical (unpaired) electrons. The second-order valence-electron chi connectivity index (χ2n) is 11.6. The molecule has 5 aromatic rings. The van der Waals surface area contributed by atoms with E-state index in [-0.39, 0.29) is 33.6 Å². The van der Waals surface area contributed by atoms with Gasteiger partial charge in [0.05, 0.1) is 33.3 Å². The van der Waals surface area contributed by atoms with E-state index in [0.29, 0.717) is 39.6 Å². The Kier molecular flexibility index (Phi) is 11.5. The van der Waals surface area contributed by atoms with Crippen molar-refractivity contribution < 1.29 is 35.5 Å². The van der Waals surface area contributed by atoms with Gasteiger partial charge in [-0.05, 0) is 122 Å². The molecule has 5 aromatic carbocycles. The molecule has 5 rings (SSSR count). The molecular formula is C35H31N9O8S2. The zero-order chi connectivity index (χ0) is 39.2. The lowest BCUT2D eigenvalue weighted by Crippen LogP contribution is -2.11. The van der Waals surface area contributed by atoms with Crippen LogP contribution in [0.4, 0.5) is 51.2 Å². The summed E-state index contributed by atoms with van der Waals surface area (Å²) in [6, 6.07) is 23.3. The number of amides is 2. The highest BCUT2D eigenvalue weighted by atomic mass is 32.2. The van der Waals surface area contributed by atoms with E-state index in [4.69, 9.17) is 5.73 Å². The van der Waals surface area contributed by atoms with Crippen LogP contribution in [0.1, 0.15) is 28.4 Å². The minimum absolute atomic E-state index is 0.0258. The molecule has 0 atom stereocenters. The number of hydrogen-bond acceptors (Lipinski definition) is 13. The molecule has 0 fully saturated rings. The van der Waals surface area contributed by atoms with Crippen molar-refractivity contribution in [3.05, 3.63) is 114 Å². The Labute approximate surface area is 309 Å². The van der Waals surface area contributed by atoms with Gasteiger partial charge in [0, 0.05) is 23.9 Å². The third kappa shape index (κ3) is 10.1. The van der Waals surface area contributed by atoms with Crippen molar-refractivity contribution >= 4 is 83.2 Å². The monoisotopic (exact) mass is 769 g/mol. The molecule has 0 spiro atoms. The SMILES string of the molecule is CC(=O)Nc1cc(N=Nc2ccc(N=Nc3ccc(NC(=O)c4ccc(N)cc4)cc3C)cc2C)c(S(=O)(=O)O)cc1N=Nc1ccc(S(=O)(=O)O)cc1. The van der Waals surface area contributed by atoms with Crippen LogP contribution in [-0.2, 0) is 25.0 Å². The van der Waals surface area contributed by atoms with Gasteiger partial charge in [0.15, 0.2) is 0 Å². The molecule has 17 nitrogen and oxygen atoms in total. The number of nitrogens with two attached hydrogens (primary N) is 1. The van der Waals surface area contributed by atoms with Crippen molar-refractivity contribution in [2.75, 3.05) is 16.4 Å². The second kappa shape index (κ2) is 16.0. The van der Waals surface area contributed by atoms with Crippen molar-refractivity contribution in [1.82, 2.24) is 0 Å². The summed E-state index contributed by atoms with van der Waals surface area (Å²) in [5, 5.41) is 30.0. The fraction of sp³-hybridized carbons (Fsp3) is 0.0857. The predicted octanol–water partition coefficient (Wildman–Crippen LogP) is 8.84. The molecule has 0 aliphatic carbocycles. The molecule has 0 aromatic heterocycles. The number of carbonyl (C=O) groups excluding carboxylic acids is 2. The molecule has 54 heavy (non-hydrogen) atoms. The zero-order valence-electron chi connectivity index (χ0n) is 28.7. The summed E-state index contributed by atoms with van der Waals surface area (Å²) in [5.74, 6) is -0.830. The molecule has 0 aliphatic heterocycles. The van der Waals surface area contributed by atoms with E-state index < -0.39 is 31.0 Å². The van der Waals surface area contributed by atoms with Gasteiger partial charge in [-0.3, -0.25) is 18.7 Å². The van der Waals surface area contributed by atoms with Crippen molar-refractivity contribution in [1.29, 1.82) is 0 Å². The Morgan fingerprint density at radius 1 is 0.593 bits per heavy atom. The number of hydrogen-bond donors (Lipinski definition) is 5. The molecule has 0 unspecified atom stereocenters. The van der Waals surface area contributed by atoms with Crippen LogP contribution in [0.2, 0.25) is 0 Å². The van der Waals surface area contributed by atoms with Gasteiger partial charge in [0.2, 0.25) is 5.91 Å². The maximum Gasteiger partial charge on any atom is 0.296 e. The molecule has 19 heteroatoms. The smallest absolute Gasteiger partial charge is 0.296 e. The number of rotatable bonds is 11. The lowest BCUT2D eigenvalue weighted by Gasteiger charge is -2.10. The lowest BCUT2D eigenvalue weighted by atomic mass is 10.1. The average molecular weight is 770 g/mol. The number of nitrogens with zero attached hydrogens (tertiary/aromatic N) is 6. The van der Waals surface area contributed by atoms with Crippen LogP contribution >= 0.6 is 0 Å². The molecule has 0 bridgehead atoms. The highest BCUT2D eigenvalue weighted by Crippen LogP contribution is 2.38. The molecule has 6 N–H and O–H groups in total. The standard InChI is InChI=1S/C35H31N9O8S2/c1-20-16-26(38-35(46)23-4-6-24(36)7-5-23)10-14-29(20)41-40-27-11-15-30(21(2)17-27)42-44-33-18-31(37-22(3)45)32(19-34(33)54(50,51)52)43-39-25-8-12-28(13-9-25)53(47,48)49/h4-19H,36H2,1-3H3,(H,37,45)(H,38,46)(H,47,48,49)(H,50,51,52). The molecule has 276 valence electrons. The number of nitrogen functional groups attached to an aromatic ring is 1. The number of benzene rings is 5. The van der Waals surface area contributed by atoms with Gasteiger partial charge >= 0.3 is 0 Å². The van der Waals surface area contributed by atoms with Crippen LogP contribution in [0.25, 0.3) is 0 Å². The van der Waals surface area contributed by atoms with Crippen molar-refractivity contribution in [3.8, 4) is 0 Å². The van der Waals surface area contributed by atoms with E-state index in [1.54, 1.807) is 67.6 Å². The van der Waals surface area contributed by atoms with Crippen molar-refractivity contribution in [2.24, 2.45) is 30.7 Å². The van der Waals surface area contributed by atoms with Crippen LogP contribution in [0.3, 0.4) is 0 Å². The highest BCUT2D eigenvalue weighted by molar-refractivity contribution is 7.86. The Morgan fingerprint density at radius 2 is 1.15 bits per heavy atom. The summed E-state index contributed by atoms with van der Waals surface area (Å²) >= 11 is 0. The Balaban J connectivity index is 1.36. The van der Waals surface area contributed by atoms with Gasteiger partial charge in [-0.15, -0.1) is 10.2 Å². The fourth-order valence-electron chi connectivity index (χ4n) is 4.73. The van der Waals surface area contributed by atoms with E-state index >= 15 is 0 Å². The molecule has 0 aliphatic rings. The topological polar surface area (TPSA) is 267 Å². The number of nitrogens with one attached hydrogen (secondary N) is 2. The summed E-state index contributed by atoms with van der Waals surface area (Å²) in [6.07, 6.45) is 0. The van der Waals surface area contributed by atoms with E-state index in [9.17, 15) is 35.5 Å². The van der Waals surface area contributed by atoms with Crippen LogP contribution in [0, 0.1) is 13.8 Å². The lowest BCUT2D eigenvalue weighted by molar-refractivity contribution is -0.114. The molecule has 0 saturated heterocycles. The molecule has 0 heterocycles. The van der Waals surface area contributed by atoms with E-state index in [0.717, 1.165) is 29.8 Å². The maximum atomic E-state index is 12.6. The summed E-state index contributed by atoms with van der Waals surface area (Å²) in [5.41, 5.74) is 9.57. The fourth-order valence-corrected chi connectivity index (χ4v) is 5.83. The summed E-state index contributed by atoms with van der Waals surface area (Å²) in [4.78, 5) is 23.5. The van der Waals surface area contributed by atoms with Crippen LogP contribution < -0.4 is 16.4 Å². The van der Waals surface area contributed by atoms with Gasteiger partial charge in [-0.1, -0.05) is 0 Å². The van der Waals surface area contributed by atoms with Gasteiger partial charge in [-0.2, -0.15) is 37.3 Å². The number of carbonyl (C=O) groups is 2. The Hall–Kier alpha value is -6.54. The van der Waals surface area contributed by atoms with E-state index in [1.165, 1.54) is 19.1 Å². The first-order chi connectivity index (χ1) is 25.5. The van der Waals surface area contributed by atoms with E-state index in [1.807, 2.05) is 6.92 Å². The summed E-state index contributed by atoms with van der Waals surface area (Å²) in [6.45, 7) is 4.74. The summed E-state index contributed by atoms with van der Waals surface area (Å²) < 4.78 is 66.6. The third-order valence-electron chi connectivity index (χ3n) is 7.42. The zero-order valence-corrected chi connectivity index (χ0v) is 30.3. The molecular weight excluding hydrogens is 739 g/mol.